The van der Waals surface area contributed by atoms with Crippen LogP contribution in [0.1, 0.15) is 37.9 Å². The average Bonchev–Trinajstić information content (AvgIpc) is 3.32. The maximum absolute atomic E-state index is 14.4. The lowest BCUT2D eigenvalue weighted by Crippen LogP contribution is -2.50. The fourth-order valence-corrected chi connectivity index (χ4v) is 4.49. The van der Waals surface area contributed by atoms with Crippen molar-refractivity contribution >= 4 is 28.5 Å². The molecule has 0 aliphatic carbocycles. The van der Waals surface area contributed by atoms with Crippen LogP contribution in [0.4, 0.5) is 5.69 Å². The monoisotopic (exact) mass is 545 g/mol. The van der Waals surface area contributed by atoms with Gasteiger partial charge in [-0.2, -0.15) is 0 Å². The Morgan fingerprint density at radius 1 is 0.950 bits per heavy atom. The number of hydrogen-bond acceptors (Lipinski definition) is 7. The summed E-state index contributed by atoms with van der Waals surface area (Å²) in [6.45, 7) is 7.40. The molecule has 0 bridgehead atoms. The molecule has 1 N–H and O–H groups in total. The summed E-state index contributed by atoms with van der Waals surface area (Å²) < 4.78 is 18.2. The number of anilines is 1. The van der Waals surface area contributed by atoms with E-state index in [0.717, 1.165) is 5.56 Å². The second-order valence-electron chi connectivity index (χ2n) is 10.5. The first-order chi connectivity index (χ1) is 19.0. The maximum Gasteiger partial charge on any atom is 0.249 e. The highest BCUT2D eigenvalue weighted by Crippen LogP contribution is 2.38. The summed E-state index contributed by atoms with van der Waals surface area (Å²) in [5, 5.41) is 11.4. The molecule has 0 spiro atoms. The zero-order valence-electron chi connectivity index (χ0n) is 23.9. The van der Waals surface area contributed by atoms with Crippen LogP contribution in [0.15, 0.2) is 60.7 Å². The molecule has 0 radical (unpaired) electrons. The second-order valence-corrected chi connectivity index (χ2v) is 10.5. The van der Waals surface area contributed by atoms with Crippen molar-refractivity contribution in [3.63, 3.8) is 0 Å². The minimum Gasteiger partial charge on any atom is -0.497 e. The number of methoxy groups -OCH3 is 3. The van der Waals surface area contributed by atoms with E-state index in [-0.39, 0.29) is 12.5 Å². The van der Waals surface area contributed by atoms with Crippen LogP contribution in [-0.4, -0.2) is 53.7 Å². The van der Waals surface area contributed by atoms with Crippen LogP contribution in [0, 0.1) is 6.92 Å². The molecule has 0 fully saturated rings. The molecule has 10 heteroatoms. The summed E-state index contributed by atoms with van der Waals surface area (Å²) in [6.07, 6.45) is 0. The topological polar surface area (TPSA) is 108 Å². The van der Waals surface area contributed by atoms with Gasteiger partial charge >= 0.3 is 0 Å². The highest BCUT2D eigenvalue weighted by molar-refractivity contribution is 6.03. The standard InChI is InChI=1S/C30H35N5O5/c1-19-12-13-26(40-7)25(14-19)35(27(36)18-34-24-11-9-8-10-23(24)32-33-34)28(29(37)31-30(2,3)4)20-15-21(38-5)17-22(16-20)39-6/h8-17,28H,18H2,1-7H3,(H,31,37)/t28-/m1/s1. The number of carbonyl (C=O) groups is 2. The van der Waals surface area contributed by atoms with Crippen molar-refractivity contribution in [3.05, 3.63) is 71.8 Å². The molecule has 1 heterocycles. The number of aromatic nitrogens is 3. The van der Waals surface area contributed by atoms with Gasteiger partial charge in [-0.15, -0.1) is 5.10 Å². The lowest BCUT2D eigenvalue weighted by Gasteiger charge is -2.34. The zero-order chi connectivity index (χ0) is 29.0. The Bertz CT molecular complexity index is 1500. The van der Waals surface area contributed by atoms with Crippen molar-refractivity contribution in [2.75, 3.05) is 26.2 Å². The fraction of sp³-hybridized carbons (Fsp3) is 0.333. The molecular formula is C30H35N5O5. The summed E-state index contributed by atoms with van der Waals surface area (Å²) in [5.74, 6) is 0.618. The van der Waals surface area contributed by atoms with Crippen LogP contribution >= 0.6 is 0 Å². The Hall–Kier alpha value is -4.60. The van der Waals surface area contributed by atoms with Crippen LogP contribution in [0.3, 0.4) is 0 Å². The third kappa shape index (κ3) is 6.17. The molecule has 0 saturated heterocycles. The molecule has 2 amide bonds. The Kier molecular flexibility index (Phi) is 8.27. The quantitative estimate of drug-likeness (QED) is 0.331. The van der Waals surface area contributed by atoms with Crippen LogP contribution in [0.25, 0.3) is 11.0 Å². The lowest BCUT2D eigenvalue weighted by atomic mass is 9.99. The number of amides is 2. The highest BCUT2D eigenvalue weighted by Gasteiger charge is 2.37. The van der Waals surface area contributed by atoms with E-state index in [1.54, 1.807) is 24.3 Å². The SMILES string of the molecule is COc1cc(OC)cc([C@H](C(=O)NC(C)(C)C)N(C(=O)Cn2nnc3ccccc32)c2cc(C)ccc2OC)c1. The van der Waals surface area contributed by atoms with Crippen LogP contribution in [0.5, 0.6) is 17.2 Å². The molecular weight excluding hydrogens is 510 g/mol. The third-order valence-electron chi connectivity index (χ3n) is 6.26. The van der Waals surface area contributed by atoms with Gasteiger partial charge in [-0.1, -0.05) is 23.4 Å². The molecule has 0 unspecified atom stereocenters. The summed E-state index contributed by atoms with van der Waals surface area (Å²) in [5.41, 5.74) is 2.61. The van der Waals surface area contributed by atoms with Gasteiger partial charge in [0, 0.05) is 11.6 Å². The van der Waals surface area contributed by atoms with Gasteiger partial charge in [0.05, 0.1) is 32.5 Å². The molecule has 4 aromatic rings. The van der Waals surface area contributed by atoms with Crippen molar-refractivity contribution in [1.29, 1.82) is 0 Å². The summed E-state index contributed by atoms with van der Waals surface area (Å²) >= 11 is 0. The molecule has 0 saturated carbocycles. The van der Waals surface area contributed by atoms with E-state index in [1.807, 2.05) is 64.1 Å². The van der Waals surface area contributed by atoms with Crippen LogP contribution in [0.2, 0.25) is 0 Å². The van der Waals surface area contributed by atoms with Gasteiger partial charge in [0.15, 0.2) is 0 Å². The summed E-state index contributed by atoms with van der Waals surface area (Å²) in [6, 6.07) is 16.9. The number of rotatable bonds is 9. The molecule has 3 aromatic carbocycles. The first-order valence-corrected chi connectivity index (χ1v) is 12.8. The molecule has 0 aliphatic heterocycles. The number of nitrogens with zero attached hydrogens (tertiary/aromatic N) is 4. The zero-order valence-corrected chi connectivity index (χ0v) is 23.9. The number of fused-ring (bicyclic) bond motifs is 1. The van der Waals surface area contributed by atoms with Crippen molar-refractivity contribution < 1.29 is 23.8 Å². The maximum atomic E-state index is 14.4. The normalized spacial score (nSPS) is 12.1. The number of para-hydroxylation sites is 1. The molecule has 40 heavy (non-hydrogen) atoms. The first-order valence-electron chi connectivity index (χ1n) is 12.8. The first kappa shape index (κ1) is 28.4. The van der Waals surface area contributed by atoms with Crippen molar-refractivity contribution in [3.8, 4) is 17.2 Å². The Morgan fingerprint density at radius 3 is 2.25 bits per heavy atom. The van der Waals surface area contributed by atoms with Gasteiger partial charge in [0.2, 0.25) is 11.8 Å². The highest BCUT2D eigenvalue weighted by atomic mass is 16.5. The number of ether oxygens (including phenoxy) is 3. The van der Waals surface area contributed by atoms with Gasteiger partial charge in [-0.05, 0) is 75.2 Å². The number of nitrogens with one attached hydrogen (secondary N) is 1. The predicted octanol–water partition coefficient (Wildman–Crippen LogP) is 4.45. The lowest BCUT2D eigenvalue weighted by molar-refractivity contribution is -0.128. The third-order valence-corrected chi connectivity index (χ3v) is 6.26. The predicted molar refractivity (Wildman–Crippen MR) is 153 cm³/mol. The van der Waals surface area contributed by atoms with E-state index < -0.39 is 17.5 Å². The van der Waals surface area contributed by atoms with E-state index in [0.29, 0.717) is 39.5 Å². The smallest absolute Gasteiger partial charge is 0.249 e. The number of carbonyl (C=O) groups excluding carboxylic acids is 2. The van der Waals surface area contributed by atoms with E-state index in [4.69, 9.17) is 14.2 Å². The van der Waals surface area contributed by atoms with Crippen molar-refractivity contribution in [1.82, 2.24) is 20.3 Å². The minimum atomic E-state index is -1.11. The fourth-order valence-electron chi connectivity index (χ4n) is 4.49. The van der Waals surface area contributed by atoms with Crippen LogP contribution in [-0.2, 0) is 16.1 Å². The molecule has 0 aliphatic rings. The van der Waals surface area contributed by atoms with Gasteiger partial charge in [0.25, 0.3) is 0 Å². The molecule has 10 nitrogen and oxygen atoms in total. The van der Waals surface area contributed by atoms with E-state index in [1.165, 1.54) is 30.9 Å². The largest absolute Gasteiger partial charge is 0.497 e. The van der Waals surface area contributed by atoms with E-state index in [9.17, 15) is 9.59 Å². The van der Waals surface area contributed by atoms with Gasteiger partial charge in [-0.25, -0.2) is 4.68 Å². The average molecular weight is 546 g/mol. The number of aryl methyl sites for hydroxylation is 1. The number of benzene rings is 3. The molecule has 1 aromatic heterocycles. The number of hydrogen-bond donors (Lipinski definition) is 1. The van der Waals surface area contributed by atoms with E-state index in [2.05, 4.69) is 15.6 Å². The van der Waals surface area contributed by atoms with Crippen molar-refractivity contribution in [2.45, 2.75) is 45.8 Å². The summed E-state index contributed by atoms with van der Waals surface area (Å²) in [7, 11) is 4.59. The molecule has 210 valence electrons. The second kappa shape index (κ2) is 11.6. The minimum absolute atomic E-state index is 0.169. The Labute approximate surface area is 233 Å². The van der Waals surface area contributed by atoms with Gasteiger partial charge in [-0.3, -0.25) is 14.5 Å². The van der Waals surface area contributed by atoms with Gasteiger partial charge < -0.3 is 19.5 Å². The van der Waals surface area contributed by atoms with E-state index >= 15 is 0 Å². The Balaban J connectivity index is 1.94. The van der Waals surface area contributed by atoms with Crippen LogP contribution < -0.4 is 24.4 Å². The van der Waals surface area contributed by atoms with Crippen molar-refractivity contribution in [2.24, 2.45) is 0 Å². The Morgan fingerprint density at radius 2 is 1.62 bits per heavy atom. The summed E-state index contributed by atoms with van der Waals surface area (Å²) in [4.78, 5) is 29.9. The van der Waals surface area contributed by atoms with Gasteiger partial charge in [0.1, 0.15) is 35.4 Å². The molecule has 1 atom stereocenters. The molecule has 4 rings (SSSR count).